The number of nitrogens with zero attached hydrogens (tertiary/aromatic N) is 1. The van der Waals surface area contributed by atoms with Crippen LogP contribution in [0.2, 0.25) is 6.04 Å². The first-order chi connectivity index (χ1) is 14.6. The number of ether oxygens (including phenoxy) is 1. The van der Waals surface area contributed by atoms with Gasteiger partial charge < -0.3 is 22.5 Å². The number of carbonyl (C=O) groups excluding carboxylic acids is 1. The fourth-order valence-corrected chi connectivity index (χ4v) is 8.12. The zero-order valence-electron chi connectivity index (χ0n) is 20.7. The molecule has 0 saturated carbocycles. The van der Waals surface area contributed by atoms with Crippen molar-refractivity contribution in [3.05, 3.63) is 12.7 Å². The van der Waals surface area contributed by atoms with Crippen LogP contribution in [0.25, 0.3) is 0 Å². The number of hydrogen-bond acceptors (Lipinski definition) is 5. The van der Waals surface area contributed by atoms with E-state index in [-0.39, 0.29) is 18.2 Å². The van der Waals surface area contributed by atoms with Crippen LogP contribution in [0.3, 0.4) is 0 Å². The lowest BCUT2D eigenvalue weighted by Gasteiger charge is -2.51. The van der Waals surface area contributed by atoms with E-state index in [0.29, 0.717) is 43.4 Å². The normalized spacial score (nSPS) is 31.5. The molecule has 31 heavy (non-hydrogen) atoms. The van der Waals surface area contributed by atoms with Gasteiger partial charge in [0.2, 0.25) is 0 Å². The van der Waals surface area contributed by atoms with Crippen molar-refractivity contribution < 1.29 is 27.3 Å². The SMILES string of the molecule is C=CC(=O)OCCC[Si]12OCC[N+](CC(C)C)(CC(CC(C)C)O1)CC(CC(C)C)O2. The van der Waals surface area contributed by atoms with Gasteiger partial charge in [0.25, 0.3) is 0 Å². The molecule has 3 rings (SSSR count). The van der Waals surface area contributed by atoms with Gasteiger partial charge in [0.15, 0.2) is 0 Å². The Morgan fingerprint density at radius 3 is 2.13 bits per heavy atom. The first-order valence-electron chi connectivity index (χ1n) is 12.2. The lowest BCUT2D eigenvalue weighted by molar-refractivity contribution is -0.938. The minimum absolute atomic E-state index is 0.140. The molecule has 2 bridgehead atoms. The molecule has 3 fully saturated rings. The van der Waals surface area contributed by atoms with Gasteiger partial charge in [-0.05, 0) is 31.1 Å². The second-order valence-corrected chi connectivity index (χ2v) is 13.4. The maximum atomic E-state index is 11.4. The van der Waals surface area contributed by atoms with Gasteiger partial charge in [-0.3, -0.25) is 0 Å². The zero-order chi connectivity index (χ0) is 23.1. The van der Waals surface area contributed by atoms with Crippen molar-refractivity contribution in [1.82, 2.24) is 0 Å². The van der Waals surface area contributed by atoms with E-state index in [0.717, 1.165) is 43.5 Å². The Bertz CT molecular complexity index is 558. The fraction of sp³-hybridized carbons (Fsp3) is 0.875. The summed E-state index contributed by atoms with van der Waals surface area (Å²) in [7, 11) is -2.87. The maximum absolute atomic E-state index is 11.4. The van der Waals surface area contributed by atoms with Crippen LogP contribution in [0.4, 0.5) is 0 Å². The van der Waals surface area contributed by atoms with Crippen LogP contribution in [0.5, 0.6) is 0 Å². The predicted molar refractivity (Wildman–Crippen MR) is 126 cm³/mol. The fourth-order valence-electron chi connectivity index (χ4n) is 5.22. The van der Waals surface area contributed by atoms with Gasteiger partial charge in [-0.1, -0.05) is 48.1 Å². The van der Waals surface area contributed by atoms with Crippen LogP contribution in [0.15, 0.2) is 12.7 Å². The molecule has 3 saturated heterocycles. The van der Waals surface area contributed by atoms with E-state index in [1.165, 1.54) is 6.08 Å². The van der Waals surface area contributed by atoms with Crippen LogP contribution in [0.1, 0.15) is 60.8 Å². The summed E-state index contributed by atoms with van der Waals surface area (Å²) in [5.41, 5.74) is 0. The molecule has 0 N–H and O–H groups in total. The largest absolute Gasteiger partial charge is 0.502 e. The summed E-state index contributed by atoms with van der Waals surface area (Å²) in [6, 6.07) is 0.685. The number of fused-ring (bicyclic) bond motifs is 6. The number of quaternary nitrogens is 1. The third-order valence-corrected chi connectivity index (χ3v) is 9.02. The smallest absolute Gasteiger partial charge is 0.463 e. The predicted octanol–water partition coefficient (Wildman–Crippen LogP) is 4.42. The van der Waals surface area contributed by atoms with Gasteiger partial charge in [-0.2, -0.15) is 0 Å². The molecule has 0 aliphatic carbocycles. The van der Waals surface area contributed by atoms with Gasteiger partial charge in [0, 0.05) is 18.0 Å². The summed E-state index contributed by atoms with van der Waals surface area (Å²) >= 11 is 0. The molecule has 3 aliphatic rings. The molecule has 0 aromatic heterocycles. The molecule has 0 aromatic carbocycles. The average molecular weight is 457 g/mol. The van der Waals surface area contributed by atoms with E-state index in [4.69, 9.17) is 18.0 Å². The Balaban J connectivity index is 2.27. The zero-order valence-corrected chi connectivity index (χ0v) is 21.7. The van der Waals surface area contributed by atoms with Crippen molar-refractivity contribution in [2.45, 2.75) is 79.1 Å². The van der Waals surface area contributed by atoms with Gasteiger partial charge in [0.1, 0.15) is 19.6 Å². The van der Waals surface area contributed by atoms with Crippen LogP contribution in [0, 0.1) is 17.8 Å². The van der Waals surface area contributed by atoms with Crippen molar-refractivity contribution >= 4 is 14.8 Å². The molecule has 3 heterocycles. The average Bonchev–Trinajstić information content (AvgIpc) is 2.60. The lowest BCUT2D eigenvalue weighted by Crippen LogP contribution is -2.68. The van der Waals surface area contributed by atoms with Crippen molar-refractivity contribution in [1.29, 1.82) is 0 Å². The molecular weight excluding hydrogens is 410 g/mol. The standard InChI is InChI=1S/C24H46NO5Si/c1-8-24(26)27-11-9-13-31-28-12-10-25(16-21(6)7,17-22(29-31)14-19(2)3)18-23(30-31)15-20(4)5/h8,19-23H,1,9-18H2,2-7H3/q+1. The van der Waals surface area contributed by atoms with Crippen molar-refractivity contribution in [3.8, 4) is 0 Å². The quantitative estimate of drug-likeness (QED) is 0.151. The summed E-state index contributed by atoms with van der Waals surface area (Å²) < 4.78 is 26.4. The second-order valence-electron chi connectivity index (χ2n) is 10.8. The van der Waals surface area contributed by atoms with Crippen molar-refractivity contribution in [2.24, 2.45) is 17.8 Å². The van der Waals surface area contributed by atoms with E-state index in [2.05, 4.69) is 48.1 Å². The number of hydrogen-bond donors (Lipinski definition) is 0. The van der Waals surface area contributed by atoms with E-state index in [9.17, 15) is 4.79 Å². The maximum Gasteiger partial charge on any atom is 0.502 e. The molecular formula is C24H46NO5Si+. The van der Waals surface area contributed by atoms with E-state index in [1.54, 1.807) is 0 Å². The minimum Gasteiger partial charge on any atom is -0.463 e. The Morgan fingerprint density at radius 1 is 1.06 bits per heavy atom. The monoisotopic (exact) mass is 456 g/mol. The minimum atomic E-state index is -2.87. The lowest BCUT2D eigenvalue weighted by atomic mass is 10.0. The van der Waals surface area contributed by atoms with E-state index >= 15 is 0 Å². The van der Waals surface area contributed by atoms with Crippen LogP contribution >= 0.6 is 0 Å². The molecule has 3 aliphatic heterocycles. The first kappa shape index (κ1) is 26.5. The Hall–Kier alpha value is -0.733. The van der Waals surface area contributed by atoms with Crippen LogP contribution < -0.4 is 0 Å². The summed E-state index contributed by atoms with van der Waals surface area (Å²) in [5, 5.41) is 0. The number of carbonyl (C=O) groups is 1. The summed E-state index contributed by atoms with van der Waals surface area (Å²) in [6.45, 7) is 22.4. The summed E-state index contributed by atoms with van der Waals surface area (Å²) in [6.07, 6.45) is 4.19. The first-order valence-corrected chi connectivity index (χ1v) is 14.1. The van der Waals surface area contributed by atoms with Gasteiger partial charge in [0.05, 0.1) is 32.0 Å². The molecule has 180 valence electrons. The number of esters is 1. The van der Waals surface area contributed by atoms with Gasteiger partial charge in [-0.25, -0.2) is 4.79 Å². The topological polar surface area (TPSA) is 54.0 Å². The highest BCUT2D eigenvalue weighted by Crippen LogP contribution is 2.34. The van der Waals surface area contributed by atoms with E-state index in [1.807, 2.05) is 0 Å². The Labute approximate surface area is 191 Å². The van der Waals surface area contributed by atoms with Crippen molar-refractivity contribution in [3.63, 3.8) is 0 Å². The number of rotatable bonds is 11. The van der Waals surface area contributed by atoms with Gasteiger partial charge >= 0.3 is 14.8 Å². The van der Waals surface area contributed by atoms with Gasteiger partial charge in [-0.15, -0.1) is 0 Å². The van der Waals surface area contributed by atoms with E-state index < -0.39 is 8.80 Å². The third kappa shape index (κ3) is 8.61. The highest BCUT2D eigenvalue weighted by Gasteiger charge is 2.53. The van der Waals surface area contributed by atoms with Crippen LogP contribution in [-0.4, -0.2) is 70.9 Å². The highest BCUT2D eigenvalue weighted by molar-refractivity contribution is 6.60. The molecule has 0 amide bonds. The molecule has 0 aromatic rings. The summed E-state index contributed by atoms with van der Waals surface area (Å²) in [5.74, 6) is 1.33. The molecule has 6 nitrogen and oxygen atoms in total. The van der Waals surface area contributed by atoms with Crippen molar-refractivity contribution in [2.75, 3.05) is 39.4 Å². The molecule has 7 heteroatoms. The highest BCUT2D eigenvalue weighted by atomic mass is 28.4. The summed E-state index contributed by atoms with van der Waals surface area (Å²) in [4.78, 5) is 11.4. The molecule has 2 atom stereocenters. The third-order valence-electron chi connectivity index (χ3n) is 6.02. The molecule has 0 radical (unpaired) electrons. The Morgan fingerprint density at radius 2 is 1.65 bits per heavy atom. The molecule has 2 unspecified atom stereocenters. The second kappa shape index (κ2) is 11.9. The van der Waals surface area contributed by atoms with Crippen LogP contribution in [-0.2, 0) is 22.8 Å². The molecule has 0 spiro atoms. The Kier molecular flexibility index (Phi) is 10.2.